The fraction of sp³-hybridized carbons (Fsp3) is 0.562. The second-order valence-electron chi connectivity index (χ2n) is 5.78. The number of urea groups is 1. The highest BCUT2D eigenvalue weighted by molar-refractivity contribution is 5.89. The molecule has 2 N–H and O–H groups in total. The van der Waals surface area contributed by atoms with Crippen LogP contribution in [0.15, 0.2) is 24.3 Å². The molecule has 0 unspecified atom stereocenters. The molecule has 0 saturated heterocycles. The molecule has 1 aliphatic carbocycles. The molecule has 2 amide bonds. The molecule has 4 nitrogen and oxygen atoms in total. The van der Waals surface area contributed by atoms with Gasteiger partial charge in [-0.2, -0.15) is 0 Å². The van der Waals surface area contributed by atoms with E-state index in [1.807, 2.05) is 43.3 Å². The van der Waals surface area contributed by atoms with Crippen molar-refractivity contribution in [1.82, 2.24) is 5.32 Å². The van der Waals surface area contributed by atoms with E-state index in [1.54, 1.807) is 0 Å². The van der Waals surface area contributed by atoms with Gasteiger partial charge < -0.3 is 15.5 Å². The van der Waals surface area contributed by atoms with Gasteiger partial charge in [0, 0.05) is 32.0 Å². The maximum Gasteiger partial charge on any atom is 0.319 e. The van der Waals surface area contributed by atoms with Crippen molar-refractivity contribution in [3.63, 3.8) is 0 Å². The lowest BCUT2D eigenvalue weighted by molar-refractivity contribution is 0.247. The summed E-state index contributed by atoms with van der Waals surface area (Å²) in [4.78, 5) is 13.9. The second kappa shape index (κ2) is 7.17. The van der Waals surface area contributed by atoms with E-state index in [0.29, 0.717) is 5.92 Å². The summed E-state index contributed by atoms with van der Waals surface area (Å²) in [7, 11) is 4.00. The van der Waals surface area contributed by atoms with Crippen LogP contribution in [-0.4, -0.2) is 26.7 Å². The number of hydrogen-bond acceptors (Lipinski definition) is 2. The number of anilines is 2. The maximum atomic E-state index is 11.8. The topological polar surface area (TPSA) is 44.4 Å². The Balaban J connectivity index is 1.75. The Morgan fingerprint density at radius 3 is 2.40 bits per heavy atom. The summed E-state index contributed by atoms with van der Waals surface area (Å²) in [6.45, 7) is 0.793. The van der Waals surface area contributed by atoms with E-state index in [-0.39, 0.29) is 6.03 Å². The molecule has 1 fully saturated rings. The van der Waals surface area contributed by atoms with Gasteiger partial charge in [0.2, 0.25) is 0 Å². The Morgan fingerprint density at radius 1 is 1.15 bits per heavy atom. The molecule has 0 bridgehead atoms. The Bertz CT molecular complexity index is 422. The molecule has 1 aliphatic rings. The molecule has 1 aromatic carbocycles. The molecule has 1 saturated carbocycles. The number of nitrogens with one attached hydrogen (secondary N) is 2. The largest absolute Gasteiger partial charge is 0.378 e. The van der Waals surface area contributed by atoms with Gasteiger partial charge in [-0.05, 0) is 43.0 Å². The lowest BCUT2D eigenvalue weighted by atomic mass is 9.89. The van der Waals surface area contributed by atoms with Gasteiger partial charge in [-0.3, -0.25) is 0 Å². The highest BCUT2D eigenvalue weighted by atomic mass is 16.2. The number of nitrogens with zero attached hydrogens (tertiary/aromatic N) is 1. The van der Waals surface area contributed by atoms with Crippen LogP contribution in [0.2, 0.25) is 0 Å². The van der Waals surface area contributed by atoms with Crippen molar-refractivity contribution >= 4 is 17.4 Å². The predicted octanol–water partition coefficient (Wildman–Crippen LogP) is 3.45. The summed E-state index contributed by atoms with van der Waals surface area (Å²) < 4.78 is 0. The second-order valence-corrected chi connectivity index (χ2v) is 5.78. The molecule has 0 aliphatic heterocycles. The first-order chi connectivity index (χ1) is 9.65. The summed E-state index contributed by atoms with van der Waals surface area (Å²) in [5, 5.41) is 5.86. The van der Waals surface area contributed by atoms with Gasteiger partial charge in [-0.1, -0.05) is 19.3 Å². The summed E-state index contributed by atoms with van der Waals surface area (Å²) in [6, 6.07) is 7.74. The minimum Gasteiger partial charge on any atom is -0.378 e. The number of amides is 2. The third kappa shape index (κ3) is 4.44. The van der Waals surface area contributed by atoms with Crippen LogP contribution in [0.25, 0.3) is 0 Å². The van der Waals surface area contributed by atoms with Crippen molar-refractivity contribution in [2.75, 3.05) is 30.9 Å². The standard InChI is InChI=1S/C16H25N3O/c1-19(2)15-10-8-14(9-11-15)18-16(20)17-12-13-6-4-3-5-7-13/h8-11,13H,3-7,12H2,1-2H3,(H2,17,18,20). The highest BCUT2D eigenvalue weighted by Gasteiger charge is 2.14. The SMILES string of the molecule is CN(C)c1ccc(NC(=O)NCC2CCCCC2)cc1. The van der Waals surface area contributed by atoms with Crippen molar-refractivity contribution in [3.05, 3.63) is 24.3 Å². The van der Waals surface area contributed by atoms with Crippen molar-refractivity contribution < 1.29 is 4.79 Å². The van der Waals surface area contributed by atoms with Gasteiger partial charge >= 0.3 is 6.03 Å². The Morgan fingerprint density at radius 2 is 1.80 bits per heavy atom. The number of hydrogen-bond donors (Lipinski definition) is 2. The Hall–Kier alpha value is -1.71. The lowest BCUT2D eigenvalue weighted by Crippen LogP contribution is -2.33. The molecular formula is C16H25N3O. The number of carbonyl (C=O) groups is 1. The van der Waals surface area contributed by atoms with E-state index in [2.05, 4.69) is 10.6 Å². The average Bonchev–Trinajstić information content (AvgIpc) is 2.47. The molecule has 2 rings (SSSR count). The van der Waals surface area contributed by atoms with Crippen LogP contribution in [-0.2, 0) is 0 Å². The van der Waals surface area contributed by atoms with Crippen LogP contribution >= 0.6 is 0 Å². The van der Waals surface area contributed by atoms with Gasteiger partial charge in [-0.25, -0.2) is 4.79 Å². The zero-order valence-corrected chi connectivity index (χ0v) is 12.5. The van der Waals surface area contributed by atoms with Gasteiger partial charge in [0.1, 0.15) is 0 Å². The number of rotatable bonds is 4. The van der Waals surface area contributed by atoms with E-state index in [1.165, 1.54) is 32.1 Å². The third-order valence-corrected chi connectivity index (χ3v) is 3.92. The van der Waals surface area contributed by atoms with Gasteiger partial charge in [0.25, 0.3) is 0 Å². The molecule has 0 spiro atoms. The summed E-state index contributed by atoms with van der Waals surface area (Å²) in [5.41, 5.74) is 1.95. The van der Waals surface area contributed by atoms with Crippen molar-refractivity contribution in [2.45, 2.75) is 32.1 Å². The van der Waals surface area contributed by atoms with Crippen molar-refractivity contribution in [1.29, 1.82) is 0 Å². The zero-order valence-electron chi connectivity index (χ0n) is 12.5. The van der Waals surface area contributed by atoms with Crippen LogP contribution in [0.1, 0.15) is 32.1 Å². The quantitative estimate of drug-likeness (QED) is 0.884. The summed E-state index contributed by atoms with van der Waals surface area (Å²) in [5.74, 6) is 0.658. The fourth-order valence-electron chi connectivity index (χ4n) is 2.65. The molecule has 20 heavy (non-hydrogen) atoms. The first kappa shape index (κ1) is 14.7. The van der Waals surface area contributed by atoms with Crippen molar-refractivity contribution in [3.8, 4) is 0 Å². The molecule has 1 aromatic rings. The minimum absolute atomic E-state index is 0.104. The molecule has 0 aromatic heterocycles. The highest BCUT2D eigenvalue weighted by Crippen LogP contribution is 2.22. The van der Waals surface area contributed by atoms with Gasteiger partial charge in [0.15, 0.2) is 0 Å². The zero-order chi connectivity index (χ0) is 14.4. The van der Waals surface area contributed by atoms with Crippen molar-refractivity contribution in [2.24, 2.45) is 5.92 Å². The van der Waals surface area contributed by atoms with Crippen LogP contribution in [0, 0.1) is 5.92 Å². The summed E-state index contributed by atoms with van der Waals surface area (Å²) in [6.07, 6.45) is 6.45. The Labute approximate surface area is 121 Å². The van der Waals surface area contributed by atoms with Gasteiger partial charge in [0.05, 0.1) is 0 Å². The van der Waals surface area contributed by atoms with E-state index in [0.717, 1.165) is 17.9 Å². The van der Waals surface area contributed by atoms with E-state index in [4.69, 9.17) is 0 Å². The van der Waals surface area contributed by atoms with Crippen LogP contribution in [0.4, 0.5) is 16.2 Å². The molecule has 0 radical (unpaired) electrons. The normalized spacial score (nSPS) is 15.7. The first-order valence-corrected chi connectivity index (χ1v) is 7.47. The monoisotopic (exact) mass is 275 g/mol. The van der Waals surface area contributed by atoms with E-state index < -0.39 is 0 Å². The van der Waals surface area contributed by atoms with E-state index in [9.17, 15) is 4.79 Å². The Kier molecular flexibility index (Phi) is 5.27. The number of benzene rings is 1. The van der Waals surface area contributed by atoms with Gasteiger partial charge in [-0.15, -0.1) is 0 Å². The molecular weight excluding hydrogens is 250 g/mol. The number of carbonyl (C=O) groups excluding carboxylic acids is 1. The van der Waals surface area contributed by atoms with Crippen LogP contribution in [0.5, 0.6) is 0 Å². The predicted molar refractivity (Wildman–Crippen MR) is 84.4 cm³/mol. The lowest BCUT2D eigenvalue weighted by Gasteiger charge is -2.21. The van der Waals surface area contributed by atoms with E-state index >= 15 is 0 Å². The third-order valence-electron chi connectivity index (χ3n) is 3.92. The fourth-order valence-corrected chi connectivity index (χ4v) is 2.65. The molecule has 0 atom stereocenters. The first-order valence-electron chi connectivity index (χ1n) is 7.47. The maximum absolute atomic E-state index is 11.8. The summed E-state index contributed by atoms with van der Waals surface area (Å²) >= 11 is 0. The average molecular weight is 275 g/mol. The molecule has 110 valence electrons. The van der Waals surface area contributed by atoms with Crippen LogP contribution in [0.3, 0.4) is 0 Å². The molecule has 4 heteroatoms. The smallest absolute Gasteiger partial charge is 0.319 e. The van der Waals surface area contributed by atoms with Crippen LogP contribution < -0.4 is 15.5 Å². The molecule has 0 heterocycles. The minimum atomic E-state index is -0.104.